The SMILES string of the molecule is Cc1nn(C(C)(C)C)c2nc(C3CC3)cc(C(=O)Nc3ccc(-n4cccn4)nc3)c12. The zero-order valence-corrected chi connectivity index (χ0v) is 18.1. The molecule has 4 aromatic rings. The third-order valence-corrected chi connectivity index (χ3v) is 5.45. The summed E-state index contributed by atoms with van der Waals surface area (Å²) < 4.78 is 3.60. The van der Waals surface area contributed by atoms with Gasteiger partial charge in [-0.1, -0.05) is 0 Å². The van der Waals surface area contributed by atoms with Crippen LogP contribution in [0.3, 0.4) is 0 Å². The molecule has 1 aliphatic carbocycles. The number of nitrogens with one attached hydrogen (secondary N) is 1. The highest BCUT2D eigenvalue weighted by Crippen LogP contribution is 2.41. The van der Waals surface area contributed by atoms with Gasteiger partial charge in [-0.3, -0.25) is 4.79 Å². The molecule has 1 saturated carbocycles. The summed E-state index contributed by atoms with van der Waals surface area (Å²) >= 11 is 0. The Morgan fingerprint density at radius 1 is 1.23 bits per heavy atom. The van der Waals surface area contributed by atoms with Gasteiger partial charge >= 0.3 is 0 Å². The molecule has 5 rings (SSSR count). The zero-order valence-electron chi connectivity index (χ0n) is 18.1. The van der Waals surface area contributed by atoms with Gasteiger partial charge in [0.15, 0.2) is 11.5 Å². The molecule has 31 heavy (non-hydrogen) atoms. The standard InChI is InChI=1S/C23H25N7O/c1-14-20-17(12-18(15-6-7-15)27-21(20)30(28-14)23(2,3)4)22(31)26-16-8-9-19(24-13-16)29-11-5-10-25-29/h5,8-13,15H,6-7H2,1-4H3,(H,26,31). The molecule has 0 radical (unpaired) electrons. The van der Waals surface area contributed by atoms with Crippen molar-refractivity contribution in [2.75, 3.05) is 5.32 Å². The van der Waals surface area contributed by atoms with Gasteiger partial charge in [-0.2, -0.15) is 10.2 Å². The molecule has 8 nitrogen and oxygen atoms in total. The lowest BCUT2D eigenvalue weighted by atomic mass is 10.1. The van der Waals surface area contributed by atoms with E-state index < -0.39 is 0 Å². The number of pyridine rings is 2. The van der Waals surface area contributed by atoms with Crippen molar-refractivity contribution < 1.29 is 4.79 Å². The van der Waals surface area contributed by atoms with Crippen molar-refractivity contribution in [1.82, 2.24) is 29.5 Å². The minimum Gasteiger partial charge on any atom is -0.321 e. The van der Waals surface area contributed by atoms with Crippen molar-refractivity contribution in [3.05, 3.63) is 59.8 Å². The maximum Gasteiger partial charge on any atom is 0.256 e. The highest BCUT2D eigenvalue weighted by molar-refractivity contribution is 6.12. The molecule has 8 heteroatoms. The monoisotopic (exact) mass is 415 g/mol. The summed E-state index contributed by atoms with van der Waals surface area (Å²) in [6, 6.07) is 7.42. The van der Waals surface area contributed by atoms with Gasteiger partial charge in [-0.25, -0.2) is 19.3 Å². The first kappa shape index (κ1) is 19.4. The molecule has 4 heterocycles. The molecule has 1 fully saturated rings. The van der Waals surface area contributed by atoms with Crippen LogP contribution >= 0.6 is 0 Å². The minimum absolute atomic E-state index is 0.181. The second-order valence-corrected chi connectivity index (χ2v) is 9.05. The Kier molecular flexibility index (Phi) is 4.39. The number of carbonyl (C=O) groups excluding carboxylic acids is 1. The second kappa shape index (κ2) is 7.01. The van der Waals surface area contributed by atoms with Crippen LogP contribution in [0.5, 0.6) is 0 Å². The molecule has 0 unspecified atom stereocenters. The number of aryl methyl sites for hydroxylation is 1. The Morgan fingerprint density at radius 2 is 2.03 bits per heavy atom. The molecule has 1 aliphatic rings. The van der Waals surface area contributed by atoms with E-state index in [1.807, 2.05) is 42.1 Å². The van der Waals surface area contributed by atoms with Crippen LogP contribution in [0.25, 0.3) is 16.9 Å². The van der Waals surface area contributed by atoms with E-state index in [1.54, 1.807) is 17.1 Å². The number of fused-ring (bicyclic) bond motifs is 1. The predicted molar refractivity (Wildman–Crippen MR) is 119 cm³/mol. The first-order chi connectivity index (χ1) is 14.8. The normalized spacial score (nSPS) is 14.2. The average molecular weight is 416 g/mol. The number of aromatic nitrogens is 6. The van der Waals surface area contributed by atoms with Gasteiger partial charge in [-0.15, -0.1) is 0 Å². The summed E-state index contributed by atoms with van der Waals surface area (Å²) in [5, 5.41) is 12.7. The number of nitrogens with zero attached hydrogens (tertiary/aromatic N) is 6. The maximum absolute atomic E-state index is 13.3. The molecule has 158 valence electrons. The molecule has 0 bridgehead atoms. The third kappa shape index (κ3) is 3.58. The second-order valence-electron chi connectivity index (χ2n) is 9.05. The van der Waals surface area contributed by atoms with Gasteiger partial charge in [0.1, 0.15) is 0 Å². The molecule has 0 atom stereocenters. The fourth-order valence-electron chi connectivity index (χ4n) is 3.74. The minimum atomic E-state index is -0.234. The van der Waals surface area contributed by atoms with E-state index in [-0.39, 0.29) is 11.4 Å². The van der Waals surface area contributed by atoms with Gasteiger partial charge in [0.2, 0.25) is 0 Å². The van der Waals surface area contributed by atoms with Crippen LogP contribution in [0.2, 0.25) is 0 Å². The van der Waals surface area contributed by atoms with Crippen molar-refractivity contribution in [3.8, 4) is 5.82 Å². The highest BCUT2D eigenvalue weighted by atomic mass is 16.1. The topological polar surface area (TPSA) is 90.5 Å². The van der Waals surface area contributed by atoms with Crippen LogP contribution < -0.4 is 5.32 Å². The van der Waals surface area contributed by atoms with E-state index in [4.69, 9.17) is 10.1 Å². The summed E-state index contributed by atoms with van der Waals surface area (Å²) in [6.07, 6.45) is 7.38. The number of amides is 1. The van der Waals surface area contributed by atoms with Crippen LogP contribution in [0.1, 0.15) is 61.3 Å². The van der Waals surface area contributed by atoms with Crippen LogP contribution in [0.15, 0.2) is 42.9 Å². The smallest absolute Gasteiger partial charge is 0.256 e. The molecular formula is C23H25N7O. The van der Waals surface area contributed by atoms with Gasteiger partial charge in [0, 0.05) is 24.0 Å². The molecule has 0 aliphatic heterocycles. The van der Waals surface area contributed by atoms with Crippen molar-refractivity contribution in [2.45, 2.75) is 52.0 Å². The quantitative estimate of drug-likeness (QED) is 0.539. The Bertz CT molecular complexity index is 1260. The molecule has 1 N–H and O–H groups in total. The van der Waals surface area contributed by atoms with Crippen LogP contribution in [-0.4, -0.2) is 35.4 Å². The van der Waals surface area contributed by atoms with E-state index in [0.29, 0.717) is 23.0 Å². The Morgan fingerprint density at radius 3 is 2.65 bits per heavy atom. The van der Waals surface area contributed by atoms with Crippen molar-refractivity contribution in [3.63, 3.8) is 0 Å². The first-order valence-electron chi connectivity index (χ1n) is 10.5. The zero-order chi connectivity index (χ0) is 21.8. The lowest BCUT2D eigenvalue weighted by Crippen LogP contribution is -2.23. The Balaban J connectivity index is 1.53. The number of anilines is 1. The lowest BCUT2D eigenvalue weighted by molar-refractivity contribution is 0.102. The van der Waals surface area contributed by atoms with E-state index in [0.717, 1.165) is 35.3 Å². The number of rotatable bonds is 4. The molecule has 4 aromatic heterocycles. The number of carbonyl (C=O) groups is 1. The van der Waals surface area contributed by atoms with E-state index in [2.05, 4.69) is 36.2 Å². The van der Waals surface area contributed by atoms with Crippen molar-refractivity contribution in [2.24, 2.45) is 0 Å². The average Bonchev–Trinajstić information content (AvgIpc) is 3.32. The summed E-state index contributed by atoms with van der Waals surface area (Å²) in [4.78, 5) is 22.6. The summed E-state index contributed by atoms with van der Waals surface area (Å²) in [7, 11) is 0. The molecule has 0 aromatic carbocycles. The number of hydrogen-bond donors (Lipinski definition) is 1. The molecule has 0 spiro atoms. The largest absolute Gasteiger partial charge is 0.321 e. The lowest BCUT2D eigenvalue weighted by Gasteiger charge is -2.20. The Hall–Kier alpha value is -3.55. The van der Waals surface area contributed by atoms with Gasteiger partial charge in [-0.05, 0) is 64.8 Å². The van der Waals surface area contributed by atoms with Crippen LogP contribution in [0, 0.1) is 6.92 Å². The summed E-state index contributed by atoms with van der Waals surface area (Å²) in [6.45, 7) is 8.21. The molecule has 1 amide bonds. The fourth-order valence-corrected chi connectivity index (χ4v) is 3.74. The maximum atomic E-state index is 13.3. The van der Waals surface area contributed by atoms with E-state index >= 15 is 0 Å². The van der Waals surface area contributed by atoms with E-state index in [9.17, 15) is 4.79 Å². The molecular weight excluding hydrogens is 390 g/mol. The van der Waals surface area contributed by atoms with Gasteiger partial charge in [0.25, 0.3) is 5.91 Å². The highest BCUT2D eigenvalue weighted by Gasteiger charge is 2.30. The Labute approximate surface area is 180 Å². The van der Waals surface area contributed by atoms with Crippen molar-refractivity contribution >= 4 is 22.6 Å². The third-order valence-electron chi connectivity index (χ3n) is 5.45. The summed E-state index contributed by atoms with van der Waals surface area (Å²) in [5.74, 6) is 0.932. The molecule has 0 saturated heterocycles. The predicted octanol–water partition coefficient (Wildman–Crippen LogP) is 4.21. The van der Waals surface area contributed by atoms with Crippen LogP contribution in [-0.2, 0) is 5.54 Å². The van der Waals surface area contributed by atoms with E-state index in [1.165, 1.54) is 0 Å². The van der Waals surface area contributed by atoms with Crippen LogP contribution in [0.4, 0.5) is 5.69 Å². The summed E-state index contributed by atoms with van der Waals surface area (Å²) in [5.41, 5.74) is 3.54. The fraction of sp³-hybridized carbons (Fsp3) is 0.348. The number of hydrogen-bond acceptors (Lipinski definition) is 5. The van der Waals surface area contributed by atoms with Gasteiger partial charge < -0.3 is 5.32 Å². The van der Waals surface area contributed by atoms with Gasteiger partial charge in [0.05, 0.1) is 34.1 Å². The first-order valence-corrected chi connectivity index (χ1v) is 10.5. The van der Waals surface area contributed by atoms with Crippen molar-refractivity contribution in [1.29, 1.82) is 0 Å².